The van der Waals surface area contributed by atoms with E-state index < -0.39 is 48.6 Å². The molecule has 214 valence electrons. The lowest BCUT2D eigenvalue weighted by Gasteiger charge is -2.32. The fourth-order valence-electron chi connectivity index (χ4n) is 4.47. The van der Waals surface area contributed by atoms with Crippen LogP contribution in [0.3, 0.4) is 0 Å². The van der Waals surface area contributed by atoms with Gasteiger partial charge in [-0.05, 0) is 17.7 Å². The zero-order valence-electron chi connectivity index (χ0n) is 22.1. The molecule has 3 amide bonds. The molecule has 1 aliphatic heterocycles. The Morgan fingerprint density at radius 3 is 2.42 bits per heavy atom. The molecule has 10 nitrogen and oxygen atoms in total. The number of para-hydroxylation sites is 2. The minimum Gasteiger partial charge on any atom is -0.434 e. The highest BCUT2D eigenvalue weighted by atomic mass is 19.2. The normalized spacial score (nSPS) is 16.6. The van der Waals surface area contributed by atoms with E-state index in [4.69, 9.17) is 13.9 Å². The van der Waals surface area contributed by atoms with E-state index in [9.17, 15) is 18.8 Å². The Labute approximate surface area is 230 Å². The summed E-state index contributed by atoms with van der Waals surface area (Å²) < 4.78 is 45.9. The van der Waals surface area contributed by atoms with Gasteiger partial charge in [-0.25, -0.2) is 18.6 Å². The number of methoxy groups -OCH3 is 1. The number of hydrogen-bond donors (Lipinski definition) is 2. The number of hydrogen-bond acceptors (Lipinski definition) is 7. The van der Waals surface area contributed by atoms with Gasteiger partial charge in [0, 0.05) is 33.0 Å². The Morgan fingerprint density at radius 1 is 1.05 bits per heavy atom. The molecular weight excluding hydrogens is 526 g/mol. The number of ketones is 1. The largest absolute Gasteiger partial charge is 0.434 e. The first kappa shape index (κ1) is 29.1. The lowest BCUT2D eigenvalue weighted by Crippen LogP contribution is -2.58. The molecule has 1 fully saturated rings. The number of Topliss-reactive ketones (excluding diaryl/α,β-unsaturated/α-hetero) is 1. The number of rotatable bonds is 12. The van der Waals surface area contributed by atoms with Crippen molar-refractivity contribution in [3.8, 4) is 0 Å². The van der Waals surface area contributed by atoms with E-state index in [-0.39, 0.29) is 32.0 Å². The second-order valence-electron chi connectivity index (χ2n) is 9.62. The molecule has 1 aromatic heterocycles. The number of nitrogens with one attached hydrogen (secondary N) is 2. The van der Waals surface area contributed by atoms with Crippen molar-refractivity contribution in [1.29, 1.82) is 0 Å². The predicted molar refractivity (Wildman–Crippen MR) is 141 cm³/mol. The van der Waals surface area contributed by atoms with Crippen LogP contribution in [0.1, 0.15) is 22.7 Å². The molecule has 1 aliphatic rings. The summed E-state index contributed by atoms with van der Waals surface area (Å²) in [6, 6.07) is 11.8. The fourth-order valence-corrected chi connectivity index (χ4v) is 4.47. The zero-order chi connectivity index (χ0) is 28.5. The van der Waals surface area contributed by atoms with Gasteiger partial charge >= 0.3 is 6.03 Å². The van der Waals surface area contributed by atoms with E-state index in [1.54, 1.807) is 54.6 Å². The van der Waals surface area contributed by atoms with E-state index in [1.165, 1.54) is 12.0 Å². The lowest BCUT2D eigenvalue weighted by molar-refractivity contribution is -0.125. The molecule has 2 heterocycles. The van der Waals surface area contributed by atoms with Gasteiger partial charge in [0.15, 0.2) is 5.58 Å². The number of amides is 3. The first-order valence-electron chi connectivity index (χ1n) is 12.9. The van der Waals surface area contributed by atoms with Crippen LogP contribution in [0, 0.1) is 0 Å². The van der Waals surface area contributed by atoms with Crippen molar-refractivity contribution >= 4 is 28.8 Å². The summed E-state index contributed by atoms with van der Waals surface area (Å²) in [6.45, 7) is -0.466. The van der Waals surface area contributed by atoms with Crippen LogP contribution in [0.25, 0.3) is 11.1 Å². The molecule has 0 bridgehead atoms. The number of carbonyl (C=O) groups is 3. The topological polar surface area (TPSA) is 123 Å². The third-order valence-electron chi connectivity index (χ3n) is 6.56. The van der Waals surface area contributed by atoms with E-state index >= 15 is 4.39 Å². The van der Waals surface area contributed by atoms with Crippen LogP contribution >= 0.6 is 0 Å². The first-order valence-corrected chi connectivity index (χ1v) is 12.9. The molecule has 0 aliphatic carbocycles. The van der Waals surface area contributed by atoms with Crippen LogP contribution in [0.2, 0.25) is 0 Å². The number of urea groups is 1. The Balaban J connectivity index is 1.55. The number of aromatic nitrogens is 1. The van der Waals surface area contributed by atoms with Crippen LogP contribution in [0.15, 0.2) is 59.0 Å². The highest BCUT2D eigenvalue weighted by Crippen LogP contribution is 2.26. The molecule has 12 heteroatoms. The van der Waals surface area contributed by atoms with E-state index in [2.05, 4.69) is 15.6 Å². The van der Waals surface area contributed by atoms with Gasteiger partial charge in [0.2, 0.25) is 11.7 Å². The minimum absolute atomic E-state index is 0.245. The summed E-state index contributed by atoms with van der Waals surface area (Å²) in [5.41, 5.74) is -1.10. The molecule has 2 N–H and O–H groups in total. The molecular formula is C28H32F2N4O6. The molecule has 1 saturated heterocycles. The van der Waals surface area contributed by atoms with Gasteiger partial charge in [0.25, 0.3) is 5.89 Å². The van der Waals surface area contributed by atoms with Crippen LogP contribution in [-0.4, -0.2) is 92.1 Å². The van der Waals surface area contributed by atoms with Crippen LogP contribution < -0.4 is 10.6 Å². The van der Waals surface area contributed by atoms with E-state index in [0.29, 0.717) is 29.9 Å². The van der Waals surface area contributed by atoms with Crippen molar-refractivity contribution in [3.05, 3.63) is 66.1 Å². The Hall–Kier alpha value is -3.90. The van der Waals surface area contributed by atoms with Gasteiger partial charge in [-0.1, -0.05) is 42.5 Å². The average molecular weight is 559 g/mol. The predicted octanol–water partition coefficient (Wildman–Crippen LogP) is 2.86. The summed E-state index contributed by atoms with van der Waals surface area (Å²) in [6.07, 6.45) is -0.984. The maximum Gasteiger partial charge on any atom is 0.318 e. The molecule has 3 unspecified atom stereocenters. The summed E-state index contributed by atoms with van der Waals surface area (Å²) in [5, 5.41) is 5.05. The summed E-state index contributed by atoms with van der Waals surface area (Å²) in [5.74, 6) is -1.80. The van der Waals surface area contributed by atoms with Crippen LogP contribution in [-0.2, 0) is 20.7 Å². The number of alkyl halides is 2. The van der Waals surface area contributed by atoms with Crippen molar-refractivity contribution in [2.24, 2.45) is 0 Å². The highest BCUT2D eigenvalue weighted by molar-refractivity contribution is 6.01. The molecule has 4 rings (SSSR count). The minimum atomic E-state index is -2.47. The first-order chi connectivity index (χ1) is 19.3. The number of morpholine rings is 1. The number of ether oxygens (including phenoxy) is 2. The molecule has 40 heavy (non-hydrogen) atoms. The van der Waals surface area contributed by atoms with Crippen molar-refractivity contribution < 1.29 is 37.1 Å². The maximum absolute atomic E-state index is 15.9. The standard InChI is InChI=1S/C28H32F2N4O6/c1-38-17-22(24(35)26-32-20-9-5-6-10-23(20)40-26)31-25(36)21(33-27(37)34-11-13-39-14-12-34)16-28(30,18-29)15-19-7-3-2-4-8-19/h2-10,21-22H,11-18H2,1H3,(H,31,36)(H,33,37). The monoisotopic (exact) mass is 558 g/mol. The zero-order valence-corrected chi connectivity index (χ0v) is 22.1. The smallest absolute Gasteiger partial charge is 0.318 e. The molecule has 3 aromatic rings. The number of carbonyl (C=O) groups excluding carboxylic acids is 3. The summed E-state index contributed by atoms with van der Waals surface area (Å²) >= 11 is 0. The number of oxazole rings is 1. The van der Waals surface area contributed by atoms with Crippen LogP contribution in [0.4, 0.5) is 13.6 Å². The fraction of sp³-hybridized carbons (Fsp3) is 0.429. The van der Waals surface area contributed by atoms with Gasteiger partial charge in [-0.3, -0.25) is 9.59 Å². The number of benzene rings is 2. The maximum atomic E-state index is 15.9. The second kappa shape index (κ2) is 13.4. The molecule has 0 radical (unpaired) electrons. The Morgan fingerprint density at radius 2 is 1.75 bits per heavy atom. The molecule has 0 saturated carbocycles. The SMILES string of the molecule is COCC(NC(=O)C(CC(F)(CF)Cc1ccccc1)NC(=O)N1CCOCC1)C(=O)c1nc2ccccc2o1. The number of nitrogens with zero attached hydrogens (tertiary/aromatic N) is 2. The second-order valence-corrected chi connectivity index (χ2v) is 9.62. The van der Waals surface area contributed by atoms with Crippen molar-refractivity contribution in [2.75, 3.05) is 46.7 Å². The Bertz CT molecular complexity index is 1270. The van der Waals surface area contributed by atoms with Gasteiger partial charge < -0.3 is 29.4 Å². The van der Waals surface area contributed by atoms with Crippen molar-refractivity contribution in [3.63, 3.8) is 0 Å². The third-order valence-corrected chi connectivity index (χ3v) is 6.56. The van der Waals surface area contributed by atoms with Crippen molar-refractivity contribution in [2.45, 2.75) is 30.6 Å². The summed E-state index contributed by atoms with van der Waals surface area (Å²) in [4.78, 5) is 45.3. The molecule has 3 atom stereocenters. The average Bonchev–Trinajstić information content (AvgIpc) is 3.41. The van der Waals surface area contributed by atoms with E-state index in [0.717, 1.165) is 0 Å². The molecule has 2 aromatic carbocycles. The highest BCUT2D eigenvalue weighted by Gasteiger charge is 2.39. The van der Waals surface area contributed by atoms with Gasteiger partial charge in [-0.15, -0.1) is 0 Å². The lowest BCUT2D eigenvalue weighted by atomic mass is 9.90. The third kappa shape index (κ3) is 7.39. The van der Waals surface area contributed by atoms with Gasteiger partial charge in [-0.2, -0.15) is 0 Å². The number of fused-ring (bicyclic) bond motifs is 1. The van der Waals surface area contributed by atoms with Crippen LogP contribution in [0.5, 0.6) is 0 Å². The summed E-state index contributed by atoms with van der Waals surface area (Å²) in [7, 11) is 1.34. The molecule has 0 spiro atoms. The van der Waals surface area contributed by atoms with Gasteiger partial charge in [0.1, 0.15) is 29.9 Å². The van der Waals surface area contributed by atoms with E-state index in [1.807, 2.05) is 0 Å². The quantitative estimate of drug-likeness (QED) is 0.328. The number of halogens is 2. The van der Waals surface area contributed by atoms with Gasteiger partial charge in [0.05, 0.1) is 19.8 Å². The van der Waals surface area contributed by atoms with Crippen molar-refractivity contribution in [1.82, 2.24) is 20.5 Å². The Kier molecular flexibility index (Phi) is 9.78.